The number of benzene rings is 1. The van der Waals surface area contributed by atoms with Gasteiger partial charge in [0.1, 0.15) is 18.8 Å². The zero-order valence-corrected chi connectivity index (χ0v) is 15.4. The van der Waals surface area contributed by atoms with E-state index in [0.29, 0.717) is 16.9 Å². The second kappa shape index (κ2) is 9.38. The monoisotopic (exact) mass is 377 g/mol. The number of rotatable bonds is 4. The average molecular weight is 378 g/mol. The van der Waals surface area contributed by atoms with Crippen LogP contribution >= 0.6 is 0 Å². The Balaban J connectivity index is 0.00000338. The van der Waals surface area contributed by atoms with E-state index in [9.17, 15) is 14.7 Å². The maximum absolute atomic E-state index is 11.9. The summed E-state index contributed by atoms with van der Waals surface area (Å²) in [6, 6.07) is 9.78. The number of nitrogens with one attached hydrogen (secondary N) is 2. The van der Waals surface area contributed by atoms with Gasteiger partial charge in [-0.3, -0.25) is 4.79 Å². The van der Waals surface area contributed by atoms with Gasteiger partial charge in [-0.15, -0.1) is 0 Å². The van der Waals surface area contributed by atoms with Gasteiger partial charge in [0.25, 0.3) is 11.6 Å². The molecular formula is C17H20ClN5O3. The molecule has 9 heteroatoms. The number of hydrogen-bond donors (Lipinski definition) is 3. The number of hydrogen-bond acceptors (Lipinski definition) is 4. The van der Waals surface area contributed by atoms with Crippen LogP contribution in [0.4, 0.5) is 10.5 Å². The fourth-order valence-corrected chi connectivity index (χ4v) is 2.08. The lowest BCUT2D eigenvalue weighted by Crippen LogP contribution is -3.00. The zero-order valence-electron chi connectivity index (χ0n) is 14.6. The van der Waals surface area contributed by atoms with Crippen LogP contribution in [0.1, 0.15) is 16.1 Å². The van der Waals surface area contributed by atoms with Crippen molar-refractivity contribution in [3.05, 3.63) is 53.9 Å². The van der Waals surface area contributed by atoms with Crippen molar-refractivity contribution in [3.8, 4) is 5.75 Å². The maximum Gasteiger partial charge on any atom is 0.339 e. The Morgan fingerprint density at radius 3 is 2.46 bits per heavy atom. The SMILES string of the molecule is CN(C)C(=O)c1cc(O)c(C=NNC(=O)Nc2ccccc2)[n+](C)c1.[Cl-]. The van der Waals surface area contributed by atoms with Gasteiger partial charge >= 0.3 is 6.03 Å². The summed E-state index contributed by atoms with van der Waals surface area (Å²) >= 11 is 0. The minimum Gasteiger partial charge on any atom is -1.00 e. The smallest absolute Gasteiger partial charge is 0.339 e. The van der Waals surface area contributed by atoms with Crippen LogP contribution < -0.4 is 27.7 Å². The highest BCUT2D eigenvalue weighted by Crippen LogP contribution is 2.13. The van der Waals surface area contributed by atoms with Gasteiger partial charge in [0.05, 0.1) is 0 Å². The maximum atomic E-state index is 11.9. The molecule has 0 aliphatic heterocycles. The van der Waals surface area contributed by atoms with Gasteiger partial charge in [0.15, 0.2) is 11.9 Å². The first-order chi connectivity index (χ1) is 11.9. The molecule has 0 bridgehead atoms. The number of anilines is 1. The van der Waals surface area contributed by atoms with Crippen molar-refractivity contribution in [2.45, 2.75) is 0 Å². The number of aromatic hydroxyl groups is 1. The molecule has 0 fully saturated rings. The fraction of sp³-hybridized carbons (Fsp3) is 0.176. The predicted octanol–water partition coefficient (Wildman–Crippen LogP) is -1.92. The molecule has 2 aromatic rings. The van der Waals surface area contributed by atoms with Crippen LogP contribution in [0.15, 0.2) is 47.7 Å². The first kappa shape index (κ1) is 20.9. The van der Waals surface area contributed by atoms with E-state index < -0.39 is 6.03 Å². The third kappa shape index (κ3) is 5.45. The van der Waals surface area contributed by atoms with Gasteiger partial charge in [-0.25, -0.2) is 10.2 Å². The van der Waals surface area contributed by atoms with Gasteiger partial charge in [-0.1, -0.05) is 18.2 Å². The Bertz CT molecular complexity index is 786. The first-order valence-electron chi connectivity index (χ1n) is 7.48. The van der Waals surface area contributed by atoms with Crippen LogP contribution in [-0.2, 0) is 7.05 Å². The van der Waals surface area contributed by atoms with Crippen LogP contribution in [0.25, 0.3) is 0 Å². The highest BCUT2D eigenvalue weighted by molar-refractivity contribution is 5.94. The van der Waals surface area contributed by atoms with Crippen molar-refractivity contribution in [2.75, 3.05) is 19.4 Å². The lowest BCUT2D eigenvalue weighted by Gasteiger charge is -2.09. The van der Waals surface area contributed by atoms with Gasteiger partial charge in [0, 0.05) is 25.8 Å². The molecule has 3 amide bonds. The average Bonchev–Trinajstić information content (AvgIpc) is 2.57. The summed E-state index contributed by atoms with van der Waals surface area (Å²) in [4.78, 5) is 25.1. The van der Waals surface area contributed by atoms with Gasteiger partial charge in [-0.2, -0.15) is 9.67 Å². The van der Waals surface area contributed by atoms with E-state index in [1.807, 2.05) is 6.07 Å². The number of pyridine rings is 1. The Morgan fingerprint density at radius 2 is 1.88 bits per heavy atom. The molecule has 2 rings (SSSR count). The molecule has 3 N–H and O–H groups in total. The predicted molar refractivity (Wildman–Crippen MR) is 93.5 cm³/mol. The van der Waals surface area contributed by atoms with E-state index in [2.05, 4.69) is 15.8 Å². The van der Waals surface area contributed by atoms with Crippen molar-refractivity contribution < 1.29 is 31.7 Å². The molecular weight excluding hydrogens is 358 g/mol. The van der Waals surface area contributed by atoms with E-state index >= 15 is 0 Å². The van der Waals surface area contributed by atoms with Crippen molar-refractivity contribution in [1.82, 2.24) is 10.3 Å². The van der Waals surface area contributed by atoms with Crippen LogP contribution in [0.2, 0.25) is 0 Å². The molecule has 1 heterocycles. The van der Waals surface area contributed by atoms with Crippen molar-refractivity contribution >= 4 is 23.8 Å². The van der Waals surface area contributed by atoms with Crippen LogP contribution in [-0.4, -0.2) is 42.3 Å². The van der Waals surface area contributed by atoms with Gasteiger partial charge < -0.3 is 27.7 Å². The van der Waals surface area contributed by atoms with Crippen molar-refractivity contribution in [1.29, 1.82) is 0 Å². The molecule has 138 valence electrons. The molecule has 8 nitrogen and oxygen atoms in total. The molecule has 0 unspecified atom stereocenters. The summed E-state index contributed by atoms with van der Waals surface area (Å²) in [5.41, 5.74) is 3.63. The number of aromatic nitrogens is 1. The zero-order chi connectivity index (χ0) is 18.4. The third-order valence-corrected chi connectivity index (χ3v) is 3.31. The second-order valence-electron chi connectivity index (χ2n) is 5.50. The fourth-order valence-electron chi connectivity index (χ4n) is 2.08. The number of urea groups is 1. The Labute approximate surface area is 157 Å². The van der Waals surface area contributed by atoms with Crippen molar-refractivity contribution in [2.24, 2.45) is 12.1 Å². The minimum atomic E-state index is -0.510. The van der Waals surface area contributed by atoms with E-state index in [1.54, 1.807) is 56.2 Å². The Hall–Kier alpha value is -3.13. The molecule has 0 spiro atoms. The minimum absolute atomic E-state index is 0. The number of amides is 3. The highest BCUT2D eigenvalue weighted by Gasteiger charge is 2.18. The molecule has 26 heavy (non-hydrogen) atoms. The lowest BCUT2D eigenvalue weighted by atomic mass is 10.2. The quantitative estimate of drug-likeness (QED) is 0.329. The van der Waals surface area contributed by atoms with E-state index in [4.69, 9.17) is 0 Å². The molecule has 0 aliphatic carbocycles. The standard InChI is InChI=1S/C17H19N5O3.ClH/c1-21(2)16(24)12-9-15(23)14(22(3)11-12)10-18-20-17(25)19-13-7-5-4-6-8-13;/h4-11H,1-3H3,(H2,19,23,25);1H. The summed E-state index contributed by atoms with van der Waals surface area (Å²) in [6.07, 6.45) is 2.87. The number of hydrazone groups is 1. The normalized spacial score (nSPS) is 10.1. The number of nitrogens with zero attached hydrogens (tertiary/aromatic N) is 3. The number of carbonyl (C=O) groups is 2. The topological polar surface area (TPSA) is 97.9 Å². The summed E-state index contributed by atoms with van der Waals surface area (Å²) in [5, 5.41) is 16.5. The molecule has 1 aromatic carbocycles. The number of carbonyl (C=O) groups excluding carboxylic acids is 2. The number of aryl methyl sites for hydroxylation is 1. The highest BCUT2D eigenvalue weighted by atomic mass is 35.5. The first-order valence-corrected chi connectivity index (χ1v) is 7.48. The second-order valence-corrected chi connectivity index (χ2v) is 5.50. The summed E-state index contributed by atoms with van der Waals surface area (Å²) in [6.45, 7) is 0. The Kier molecular flexibility index (Phi) is 7.54. The molecule has 1 aromatic heterocycles. The summed E-state index contributed by atoms with van der Waals surface area (Å²) < 4.78 is 1.55. The molecule has 0 atom stereocenters. The molecule has 0 aliphatic rings. The van der Waals surface area contributed by atoms with Gasteiger partial charge in [-0.05, 0) is 12.1 Å². The van der Waals surface area contributed by atoms with Crippen LogP contribution in [0, 0.1) is 0 Å². The summed E-state index contributed by atoms with van der Waals surface area (Å²) in [5.74, 6) is -0.348. The molecule has 0 radical (unpaired) electrons. The molecule has 0 saturated carbocycles. The van der Waals surface area contributed by atoms with Crippen molar-refractivity contribution in [3.63, 3.8) is 0 Å². The molecule has 0 saturated heterocycles. The van der Waals surface area contributed by atoms with Gasteiger partial charge in [0.2, 0.25) is 0 Å². The van der Waals surface area contributed by atoms with E-state index in [-0.39, 0.29) is 24.1 Å². The number of halogens is 1. The van der Waals surface area contributed by atoms with Crippen LogP contribution in [0.3, 0.4) is 0 Å². The van der Waals surface area contributed by atoms with E-state index in [1.165, 1.54) is 17.2 Å². The van der Waals surface area contributed by atoms with Crippen LogP contribution in [0.5, 0.6) is 5.75 Å². The largest absolute Gasteiger partial charge is 1.00 e. The lowest BCUT2D eigenvalue weighted by molar-refractivity contribution is -0.672. The summed E-state index contributed by atoms with van der Waals surface area (Å²) in [7, 11) is 4.92. The number of para-hydroxylation sites is 1. The Morgan fingerprint density at radius 1 is 1.23 bits per heavy atom. The third-order valence-electron chi connectivity index (χ3n) is 3.31. The van der Waals surface area contributed by atoms with E-state index in [0.717, 1.165) is 0 Å².